The molecule has 1 aromatic carbocycles. The van der Waals surface area contributed by atoms with E-state index in [1.54, 1.807) is 6.07 Å². The van der Waals surface area contributed by atoms with E-state index < -0.39 is 23.7 Å². The number of amides is 1. The van der Waals surface area contributed by atoms with Crippen LogP contribution in [-0.4, -0.2) is 16.2 Å². The zero-order valence-corrected chi connectivity index (χ0v) is 17.6. The summed E-state index contributed by atoms with van der Waals surface area (Å²) in [5.74, 6) is -0.318. The number of hydrogen-bond donors (Lipinski definition) is 1. The van der Waals surface area contributed by atoms with Crippen molar-refractivity contribution >= 4 is 17.7 Å². The minimum absolute atomic E-state index is 0.302. The number of aromatic nitrogens is 1. The Labute approximate surface area is 177 Å². The van der Waals surface area contributed by atoms with E-state index in [9.17, 15) is 22.8 Å². The standard InChI is InChI=1S/C22H25F3N2O2S/c1-2-3-4-5-6-8-15-12-18(28)27-17(20(26)29)13-30-21(27)19(15)14-9-7-10-16(11-14)22(23,24)25/h7,9-12,17H,2-6,8,13H2,1H3,(H2,26,29)/t17-/m0/s1. The number of primary amides is 1. The Kier molecular flexibility index (Phi) is 6.95. The summed E-state index contributed by atoms with van der Waals surface area (Å²) in [7, 11) is 0. The Morgan fingerprint density at radius 1 is 1.20 bits per heavy atom. The highest BCUT2D eigenvalue weighted by molar-refractivity contribution is 7.99. The summed E-state index contributed by atoms with van der Waals surface area (Å²) in [5.41, 5.74) is 6.10. The van der Waals surface area contributed by atoms with Crippen LogP contribution in [0.15, 0.2) is 40.2 Å². The molecule has 0 saturated heterocycles. The zero-order chi connectivity index (χ0) is 21.9. The second kappa shape index (κ2) is 9.29. The molecule has 0 radical (unpaired) electrons. The molecule has 0 saturated carbocycles. The van der Waals surface area contributed by atoms with E-state index in [2.05, 4.69) is 6.92 Å². The first-order chi connectivity index (χ1) is 14.2. The number of thioether (sulfide) groups is 1. The van der Waals surface area contributed by atoms with E-state index in [0.29, 0.717) is 28.3 Å². The molecule has 4 nitrogen and oxygen atoms in total. The van der Waals surface area contributed by atoms with Gasteiger partial charge in [0, 0.05) is 17.4 Å². The normalized spacial score (nSPS) is 15.9. The van der Waals surface area contributed by atoms with E-state index in [4.69, 9.17) is 5.73 Å². The maximum atomic E-state index is 13.3. The van der Waals surface area contributed by atoms with Gasteiger partial charge in [0.2, 0.25) is 5.91 Å². The third kappa shape index (κ3) is 4.74. The maximum absolute atomic E-state index is 13.3. The van der Waals surface area contributed by atoms with Gasteiger partial charge >= 0.3 is 6.18 Å². The van der Waals surface area contributed by atoms with Gasteiger partial charge in [0.25, 0.3) is 5.56 Å². The lowest BCUT2D eigenvalue weighted by Crippen LogP contribution is -2.33. The number of carbonyl (C=O) groups excluding carboxylic acids is 1. The van der Waals surface area contributed by atoms with Crippen LogP contribution in [0.4, 0.5) is 13.2 Å². The third-order valence-corrected chi connectivity index (χ3v) is 6.49. The minimum atomic E-state index is -4.46. The molecule has 30 heavy (non-hydrogen) atoms. The predicted octanol–water partition coefficient (Wildman–Crippen LogP) is 5.18. The van der Waals surface area contributed by atoms with Gasteiger partial charge in [-0.05, 0) is 36.1 Å². The van der Waals surface area contributed by atoms with Gasteiger partial charge in [-0.15, -0.1) is 11.8 Å². The Balaban J connectivity index is 2.09. The summed E-state index contributed by atoms with van der Waals surface area (Å²) in [6.45, 7) is 2.12. The number of pyridine rings is 1. The third-order valence-electron chi connectivity index (χ3n) is 5.34. The molecule has 1 aliphatic heterocycles. The van der Waals surface area contributed by atoms with Crippen LogP contribution in [0.5, 0.6) is 0 Å². The van der Waals surface area contributed by atoms with Gasteiger partial charge in [-0.25, -0.2) is 0 Å². The number of aryl methyl sites for hydroxylation is 1. The molecule has 162 valence electrons. The van der Waals surface area contributed by atoms with E-state index in [1.807, 2.05) is 0 Å². The zero-order valence-electron chi connectivity index (χ0n) is 16.8. The molecule has 0 spiro atoms. The maximum Gasteiger partial charge on any atom is 0.416 e. The highest BCUT2D eigenvalue weighted by Gasteiger charge is 2.34. The molecule has 0 unspecified atom stereocenters. The quantitative estimate of drug-likeness (QED) is 0.578. The van der Waals surface area contributed by atoms with Crippen molar-refractivity contribution in [2.24, 2.45) is 5.73 Å². The fourth-order valence-corrected chi connectivity index (χ4v) is 5.18. The smallest absolute Gasteiger partial charge is 0.368 e. The van der Waals surface area contributed by atoms with E-state index in [-0.39, 0.29) is 5.56 Å². The number of fused-ring (bicyclic) bond motifs is 1. The van der Waals surface area contributed by atoms with Crippen LogP contribution < -0.4 is 11.3 Å². The number of benzene rings is 1. The molecule has 2 N–H and O–H groups in total. The predicted molar refractivity (Wildman–Crippen MR) is 113 cm³/mol. The lowest BCUT2D eigenvalue weighted by atomic mass is 9.95. The van der Waals surface area contributed by atoms with Crippen LogP contribution in [0.1, 0.15) is 56.2 Å². The van der Waals surface area contributed by atoms with Gasteiger partial charge in [0.15, 0.2) is 0 Å². The molecule has 1 atom stereocenters. The van der Waals surface area contributed by atoms with E-state index >= 15 is 0 Å². The van der Waals surface area contributed by atoms with Gasteiger partial charge in [0.1, 0.15) is 6.04 Å². The van der Waals surface area contributed by atoms with Gasteiger partial charge in [-0.3, -0.25) is 14.2 Å². The number of carbonyl (C=O) groups is 1. The number of hydrogen-bond acceptors (Lipinski definition) is 3. The Hall–Kier alpha value is -2.22. The molecule has 1 aromatic heterocycles. The monoisotopic (exact) mass is 438 g/mol. The summed E-state index contributed by atoms with van der Waals surface area (Å²) >= 11 is 1.30. The highest BCUT2D eigenvalue weighted by Crippen LogP contribution is 2.42. The Morgan fingerprint density at radius 3 is 2.60 bits per heavy atom. The van der Waals surface area contributed by atoms with Crippen LogP contribution in [0.2, 0.25) is 0 Å². The number of nitrogens with zero attached hydrogens (tertiary/aromatic N) is 1. The summed E-state index contributed by atoms with van der Waals surface area (Å²) in [6.07, 6.45) is 1.29. The molecule has 0 fully saturated rings. The first-order valence-electron chi connectivity index (χ1n) is 10.1. The van der Waals surface area contributed by atoms with Crippen molar-refractivity contribution in [2.45, 2.75) is 62.7 Å². The molecule has 0 aliphatic carbocycles. The van der Waals surface area contributed by atoms with Crippen molar-refractivity contribution in [2.75, 3.05) is 5.75 Å². The van der Waals surface area contributed by atoms with Crippen molar-refractivity contribution in [1.29, 1.82) is 0 Å². The second-order valence-corrected chi connectivity index (χ2v) is 8.54. The van der Waals surface area contributed by atoms with Gasteiger partial charge in [-0.1, -0.05) is 44.7 Å². The molecule has 3 rings (SSSR count). The SMILES string of the molecule is CCCCCCCc1cc(=O)n2c(c1-c1cccc(C(F)(F)F)c1)SC[C@H]2C(N)=O. The lowest BCUT2D eigenvalue weighted by Gasteiger charge is -2.18. The first kappa shape index (κ1) is 22.5. The van der Waals surface area contributed by atoms with Crippen LogP contribution >= 0.6 is 11.8 Å². The van der Waals surface area contributed by atoms with Crippen LogP contribution in [0.25, 0.3) is 11.1 Å². The van der Waals surface area contributed by atoms with Gasteiger partial charge in [0.05, 0.1) is 10.6 Å². The summed E-state index contributed by atoms with van der Waals surface area (Å²) in [4.78, 5) is 24.6. The number of rotatable bonds is 8. The van der Waals surface area contributed by atoms with Crippen LogP contribution in [0.3, 0.4) is 0 Å². The molecule has 2 heterocycles. The number of alkyl halides is 3. The van der Waals surface area contributed by atoms with E-state index in [1.165, 1.54) is 28.5 Å². The largest absolute Gasteiger partial charge is 0.416 e. The fraction of sp³-hybridized carbons (Fsp3) is 0.455. The molecular weight excluding hydrogens is 413 g/mol. The van der Waals surface area contributed by atoms with Crippen molar-refractivity contribution in [3.63, 3.8) is 0 Å². The fourth-order valence-electron chi connectivity index (χ4n) is 3.80. The molecule has 2 aromatic rings. The minimum Gasteiger partial charge on any atom is -0.368 e. The van der Waals surface area contributed by atoms with Gasteiger partial charge < -0.3 is 5.73 Å². The highest BCUT2D eigenvalue weighted by atomic mass is 32.2. The first-order valence-corrected chi connectivity index (χ1v) is 11.1. The second-order valence-electron chi connectivity index (χ2n) is 7.53. The van der Waals surface area contributed by atoms with Crippen molar-refractivity contribution in [3.05, 3.63) is 51.8 Å². The number of nitrogens with two attached hydrogens (primary N) is 1. The van der Waals surface area contributed by atoms with Gasteiger partial charge in [-0.2, -0.15) is 13.2 Å². The molecule has 1 aliphatic rings. The summed E-state index contributed by atoms with van der Waals surface area (Å²) in [5, 5.41) is 0.522. The lowest BCUT2D eigenvalue weighted by molar-refractivity contribution is -0.137. The van der Waals surface area contributed by atoms with Crippen molar-refractivity contribution in [3.8, 4) is 11.1 Å². The topological polar surface area (TPSA) is 65.1 Å². The summed E-state index contributed by atoms with van der Waals surface area (Å²) < 4.78 is 41.2. The number of halogens is 3. The van der Waals surface area contributed by atoms with Crippen LogP contribution in [-0.2, 0) is 17.4 Å². The number of unbranched alkanes of at least 4 members (excludes halogenated alkanes) is 4. The van der Waals surface area contributed by atoms with Crippen molar-refractivity contribution < 1.29 is 18.0 Å². The van der Waals surface area contributed by atoms with E-state index in [0.717, 1.165) is 49.8 Å². The molecular formula is C22H25F3N2O2S. The molecule has 8 heteroatoms. The summed E-state index contributed by atoms with van der Waals surface area (Å²) in [6, 6.07) is 5.80. The Morgan fingerprint density at radius 2 is 1.93 bits per heavy atom. The average Bonchev–Trinajstić information content (AvgIpc) is 3.13. The molecule has 0 bridgehead atoms. The van der Waals surface area contributed by atoms with Crippen molar-refractivity contribution in [1.82, 2.24) is 4.57 Å². The Bertz CT molecular complexity index is 985. The average molecular weight is 439 g/mol. The van der Waals surface area contributed by atoms with Crippen LogP contribution in [0, 0.1) is 0 Å². The molecule has 1 amide bonds.